The van der Waals surface area contributed by atoms with Gasteiger partial charge in [-0.3, -0.25) is 4.79 Å². The molecule has 2 saturated heterocycles. The van der Waals surface area contributed by atoms with Gasteiger partial charge in [-0.05, 0) is 62.3 Å². The number of aromatic nitrogens is 2. The Hall–Kier alpha value is -1.65. The van der Waals surface area contributed by atoms with Crippen molar-refractivity contribution < 1.29 is 4.79 Å². The lowest BCUT2D eigenvalue weighted by Gasteiger charge is -2.41. The molecule has 5 heteroatoms. The lowest BCUT2D eigenvalue weighted by atomic mass is 9.76. The summed E-state index contributed by atoms with van der Waals surface area (Å²) in [5, 5.41) is 0. The molecular formula is C27H44N4O. The Balaban J connectivity index is 1.41. The molecule has 1 aromatic rings. The first kappa shape index (κ1) is 23.5. The van der Waals surface area contributed by atoms with Crippen molar-refractivity contribution in [2.24, 2.45) is 23.2 Å². The highest BCUT2D eigenvalue weighted by molar-refractivity contribution is 5.83. The van der Waals surface area contributed by atoms with Crippen molar-refractivity contribution in [1.29, 1.82) is 0 Å². The summed E-state index contributed by atoms with van der Waals surface area (Å²) in [7, 11) is 0. The molecule has 0 spiro atoms. The zero-order chi connectivity index (χ0) is 22.9. The third-order valence-electron chi connectivity index (χ3n) is 8.14. The fourth-order valence-electron chi connectivity index (χ4n) is 6.53. The average Bonchev–Trinajstić information content (AvgIpc) is 3.43. The molecule has 32 heavy (non-hydrogen) atoms. The van der Waals surface area contributed by atoms with Gasteiger partial charge < -0.3 is 9.80 Å². The molecule has 2 unspecified atom stereocenters. The van der Waals surface area contributed by atoms with Crippen LogP contribution in [0.2, 0.25) is 0 Å². The van der Waals surface area contributed by atoms with Gasteiger partial charge in [-0.25, -0.2) is 9.97 Å². The lowest BCUT2D eigenvalue weighted by molar-refractivity contribution is -0.145. The number of rotatable bonds is 5. The second-order valence-corrected chi connectivity index (χ2v) is 12.2. The Kier molecular flexibility index (Phi) is 6.84. The zero-order valence-corrected chi connectivity index (χ0v) is 21.1. The van der Waals surface area contributed by atoms with E-state index >= 15 is 0 Å². The van der Waals surface area contributed by atoms with Gasteiger partial charge in [0.15, 0.2) is 0 Å². The van der Waals surface area contributed by atoms with Crippen LogP contribution in [0.4, 0.5) is 5.95 Å². The second kappa shape index (κ2) is 9.30. The van der Waals surface area contributed by atoms with Crippen LogP contribution in [-0.4, -0.2) is 47.0 Å². The predicted octanol–water partition coefficient (Wildman–Crippen LogP) is 5.45. The molecule has 0 aromatic carbocycles. The van der Waals surface area contributed by atoms with Crippen LogP contribution in [0, 0.1) is 23.2 Å². The molecule has 3 heterocycles. The lowest BCUT2D eigenvalue weighted by Crippen LogP contribution is -2.49. The van der Waals surface area contributed by atoms with E-state index in [2.05, 4.69) is 49.4 Å². The van der Waals surface area contributed by atoms with Crippen molar-refractivity contribution >= 4 is 11.9 Å². The number of carbonyl (C=O) groups is 1. The third kappa shape index (κ3) is 4.97. The molecule has 1 saturated carbocycles. The highest BCUT2D eigenvalue weighted by Crippen LogP contribution is 2.45. The predicted molar refractivity (Wildman–Crippen MR) is 131 cm³/mol. The minimum atomic E-state index is -0.0704. The van der Waals surface area contributed by atoms with Crippen LogP contribution < -0.4 is 4.90 Å². The number of amides is 1. The molecule has 2 aliphatic heterocycles. The number of nitrogens with zero attached hydrogens (tertiary/aromatic N) is 4. The summed E-state index contributed by atoms with van der Waals surface area (Å²) in [6.45, 7) is 15.1. The maximum Gasteiger partial charge on any atom is 0.228 e. The van der Waals surface area contributed by atoms with E-state index in [1.807, 2.05) is 12.3 Å². The number of carbonyl (C=O) groups excluding carboxylic acids is 1. The van der Waals surface area contributed by atoms with Gasteiger partial charge in [-0.15, -0.1) is 0 Å². The Morgan fingerprint density at radius 1 is 1.09 bits per heavy atom. The second-order valence-electron chi connectivity index (χ2n) is 12.2. The van der Waals surface area contributed by atoms with Crippen molar-refractivity contribution in [3.05, 3.63) is 18.0 Å². The summed E-state index contributed by atoms with van der Waals surface area (Å²) in [5.41, 5.74) is 1.07. The van der Waals surface area contributed by atoms with E-state index in [-0.39, 0.29) is 10.8 Å². The fraction of sp³-hybridized carbons (Fsp3) is 0.815. The van der Waals surface area contributed by atoms with Crippen LogP contribution in [0.15, 0.2) is 12.3 Å². The van der Waals surface area contributed by atoms with E-state index in [9.17, 15) is 4.79 Å². The molecule has 4 rings (SSSR count). The largest absolute Gasteiger partial charge is 0.342 e. The summed E-state index contributed by atoms with van der Waals surface area (Å²) in [5.74, 6) is 3.19. The minimum absolute atomic E-state index is 0.0350. The van der Waals surface area contributed by atoms with Crippen LogP contribution in [0.1, 0.15) is 91.7 Å². The molecule has 1 amide bonds. The number of piperidine rings is 1. The van der Waals surface area contributed by atoms with Crippen LogP contribution in [0.5, 0.6) is 0 Å². The Morgan fingerprint density at radius 2 is 1.81 bits per heavy atom. The molecule has 0 bridgehead atoms. The van der Waals surface area contributed by atoms with Crippen LogP contribution in [0.25, 0.3) is 0 Å². The zero-order valence-electron chi connectivity index (χ0n) is 21.1. The summed E-state index contributed by atoms with van der Waals surface area (Å²) >= 11 is 0. The maximum absolute atomic E-state index is 13.7. The minimum Gasteiger partial charge on any atom is -0.342 e. The first-order valence-electron chi connectivity index (χ1n) is 13.1. The molecule has 3 fully saturated rings. The normalized spacial score (nSPS) is 26.2. The standard InChI is InChI=1S/C27H44N4O/c1-20(2)17-27(12-6-7-13-27)24(32)30-15-8-9-21(18-30)22-11-16-31(19-22)25-28-14-10-23(29-25)26(3,4)5/h10,14,20-22H,6-9,11-13,15-19H2,1-5H3. The molecule has 0 N–H and O–H groups in total. The fourth-order valence-corrected chi connectivity index (χ4v) is 6.53. The van der Waals surface area contributed by atoms with Crippen molar-refractivity contribution in [2.75, 3.05) is 31.1 Å². The number of anilines is 1. The highest BCUT2D eigenvalue weighted by atomic mass is 16.2. The van der Waals surface area contributed by atoms with Crippen LogP contribution >= 0.6 is 0 Å². The van der Waals surface area contributed by atoms with Crippen molar-refractivity contribution in [3.8, 4) is 0 Å². The number of likely N-dealkylation sites (tertiary alicyclic amines) is 1. The van der Waals surface area contributed by atoms with Gasteiger partial charge in [0.1, 0.15) is 0 Å². The van der Waals surface area contributed by atoms with Gasteiger partial charge in [-0.2, -0.15) is 0 Å². The molecule has 5 nitrogen and oxygen atoms in total. The van der Waals surface area contributed by atoms with Crippen molar-refractivity contribution in [3.63, 3.8) is 0 Å². The molecule has 2 atom stereocenters. The van der Waals surface area contributed by atoms with E-state index < -0.39 is 0 Å². The summed E-state index contributed by atoms with van der Waals surface area (Å²) in [6, 6.07) is 2.04. The van der Waals surface area contributed by atoms with Gasteiger partial charge in [0.25, 0.3) is 0 Å². The monoisotopic (exact) mass is 440 g/mol. The van der Waals surface area contributed by atoms with Crippen LogP contribution in [0.3, 0.4) is 0 Å². The Morgan fingerprint density at radius 3 is 2.50 bits per heavy atom. The first-order chi connectivity index (χ1) is 15.2. The quantitative estimate of drug-likeness (QED) is 0.611. The highest BCUT2D eigenvalue weighted by Gasteiger charge is 2.45. The van der Waals surface area contributed by atoms with Gasteiger partial charge in [0.05, 0.1) is 5.69 Å². The van der Waals surface area contributed by atoms with Crippen molar-refractivity contribution in [2.45, 2.75) is 91.4 Å². The van der Waals surface area contributed by atoms with Gasteiger partial charge in [-0.1, -0.05) is 47.5 Å². The number of hydrogen-bond acceptors (Lipinski definition) is 4. The molecule has 178 valence electrons. The topological polar surface area (TPSA) is 49.3 Å². The van der Waals surface area contributed by atoms with Gasteiger partial charge in [0.2, 0.25) is 11.9 Å². The number of hydrogen-bond donors (Lipinski definition) is 0. The average molecular weight is 441 g/mol. The summed E-state index contributed by atoms with van der Waals surface area (Å²) in [6.07, 6.45) is 11.2. The first-order valence-corrected chi connectivity index (χ1v) is 13.1. The molecule has 0 radical (unpaired) electrons. The Bertz CT molecular complexity index is 793. The van der Waals surface area contributed by atoms with E-state index in [0.29, 0.717) is 23.7 Å². The van der Waals surface area contributed by atoms with Gasteiger partial charge >= 0.3 is 0 Å². The molecule has 3 aliphatic rings. The smallest absolute Gasteiger partial charge is 0.228 e. The maximum atomic E-state index is 13.7. The van der Waals surface area contributed by atoms with E-state index in [1.165, 1.54) is 25.7 Å². The summed E-state index contributed by atoms with van der Waals surface area (Å²) < 4.78 is 0. The van der Waals surface area contributed by atoms with Crippen LogP contribution in [-0.2, 0) is 10.2 Å². The molecule has 1 aliphatic carbocycles. The Labute approximate surface area is 195 Å². The van der Waals surface area contributed by atoms with Gasteiger partial charge in [0, 0.05) is 43.2 Å². The SMILES string of the molecule is CC(C)CC1(C(=O)N2CCCC(C3CCN(c4nccc(C(C)(C)C)n4)C3)C2)CCCC1. The van der Waals surface area contributed by atoms with Crippen molar-refractivity contribution in [1.82, 2.24) is 14.9 Å². The molecule has 1 aromatic heterocycles. The molecular weight excluding hydrogens is 396 g/mol. The van der Waals surface area contributed by atoms with E-state index in [0.717, 1.165) is 63.5 Å². The van der Waals surface area contributed by atoms with E-state index in [1.54, 1.807) is 0 Å². The summed E-state index contributed by atoms with van der Waals surface area (Å²) in [4.78, 5) is 27.9. The van der Waals surface area contributed by atoms with E-state index in [4.69, 9.17) is 4.98 Å². The third-order valence-corrected chi connectivity index (χ3v) is 8.14.